The Hall–Kier alpha value is -1.14. The Labute approximate surface area is 116 Å². The predicted octanol–water partition coefficient (Wildman–Crippen LogP) is 3.89. The Kier molecular flexibility index (Phi) is 3.33. The molecule has 0 spiro atoms. The van der Waals surface area contributed by atoms with E-state index >= 15 is 0 Å². The van der Waals surface area contributed by atoms with Crippen LogP contribution in [-0.2, 0) is 11.2 Å². The van der Waals surface area contributed by atoms with Crippen LogP contribution in [0.1, 0.15) is 32.3 Å². The molecule has 0 heterocycles. The van der Waals surface area contributed by atoms with Crippen molar-refractivity contribution in [3.8, 4) is 6.07 Å². The van der Waals surface area contributed by atoms with E-state index in [1.807, 2.05) is 38.1 Å². The summed E-state index contributed by atoms with van der Waals surface area (Å²) in [6.07, 6.45) is 1.99. The lowest BCUT2D eigenvalue weighted by atomic mass is 9.77. The van der Waals surface area contributed by atoms with Gasteiger partial charge in [0.25, 0.3) is 0 Å². The summed E-state index contributed by atoms with van der Waals surface area (Å²) in [5.41, 5.74) is -0.150. The van der Waals surface area contributed by atoms with Gasteiger partial charge >= 0.3 is 0 Å². The summed E-state index contributed by atoms with van der Waals surface area (Å²) in [5.74, 6) is 0.0949. The Balaban J connectivity index is 2.32. The number of Topliss-reactive ketones (excluding diaryl/α,β-unsaturated/α-hetero) is 1. The van der Waals surface area contributed by atoms with Gasteiger partial charge in [-0.3, -0.25) is 4.79 Å². The maximum absolute atomic E-state index is 12.4. The lowest BCUT2D eigenvalue weighted by Crippen LogP contribution is -2.33. The molecular weight excluding hydrogens is 290 g/mol. The van der Waals surface area contributed by atoms with E-state index in [1.165, 1.54) is 0 Å². The highest BCUT2D eigenvalue weighted by Gasteiger charge is 2.52. The van der Waals surface area contributed by atoms with E-state index in [0.717, 1.165) is 16.5 Å². The fraction of sp³-hybridized carbons (Fsp3) is 0.467. The highest BCUT2D eigenvalue weighted by Crippen LogP contribution is 2.47. The van der Waals surface area contributed by atoms with Gasteiger partial charge in [0.15, 0.2) is 5.78 Å². The molecule has 0 saturated heterocycles. The summed E-state index contributed by atoms with van der Waals surface area (Å²) in [7, 11) is 0. The fourth-order valence-electron chi connectivity index (χ4n) is 2.71. The number of ketones is 1. The van der Waals surface area contributed by atoms with Gasteiger partial charge in [-0.05, 0) is 37.0 Å². The first kappa shape index (κ1) is 13.3. The molecule has 0 amide bonds. The fourth-order valence-corrected chi connectivity index (χ4v) is 3.16. The third kappa shape index (κ3) is 2.22. The van der Waals surface area contributed by atoms with Gasteiger partial charge in [-0.25, -0.2) is 0 Å². The molecule has 1 aliphatic rings. The van der Waals surface area contributed by atoms with Crippen LogP contribution in [0.4, 0.5) is 0 Å². The average Bonchev–Trinajstić information content (AvgIpc) is 2.54. The molecule has 0 N–H and O–H groups in total. The lowest BCUT2D eigenvalue weighted by Gasteiger charge is -2.22. The molecule has 0 aromatic heterocycles. The van der Waals surface area contributed by atoms with E-state index in [2.05, 4.69) is 22.0 Å². The zero-order valence-electron chi connectivity index (χ0n) is 10.7. The van der Waals surface area contributed by atoms with Crippen LogP contribution in [0.2, 0.25) is 0 Å². The van der Waals surface area contributed by atoms with Crippen LogP contribution in [0.25, 0.3) is 0 Å². The predicted molar refractivity (Wildman–Crippen MR) is 73.9 cm³/mol. The lowest BCUT2D eigenvalue weighted by molar-refractivity contribution is -0.130. The minimum Gasteiger partial charge on any atom is -0.297 e. The number of nitriles is 1. The summed E-state index contributed by atoms with van der Waals surface area (Å²) in [6.45, 7) is 3.88. The van der Waals surface area contributed by atoms with Crippen molar-refractivity contribution in [2.75, 3.05) is 0 Å². The molecule has 3 heteroatoms. The van der Waals surface area contributed by atoms with Gasteiger partial charge in [0.05, 0.1) is 6.07 Å². The number of benzene rings is 1. The number of rotatable bonds is 2. The molecule has 1 unspecified atom stereocenters. The molecule has 1 aromatic carbocycles. The maximum Gasteiger partial charge on any atom is 0.158 e. The van der Waals surface area contributed by atoms with Crippen LogP contribution in [0, 0.1) is 22.2 Å². The Morgan fingerprint density at radius 1 is 1.39 bits per heavy atom. The first-order chi connectivity index (χ1) is 8.39. The normalized spacial score (nSPS) is 26.0. The largest absolute Gasteiger partial charge is 0.297 e. The van der Waals surface area contributed by atoms with Crippen molar-refractivity contribution in [1.82, 2.24) is 0 Å². The van der Waals surface area contributed by atoms with Crippen LogP contribution in [-0.4, -0.2) is 5.78 Å². The number of halogens is 1. The van der Waals surface area contributed by atoms with Gasteiger partial charge in [0.2, 0.25) is 0 Å². The van der Waals surface area contributed by atoms with Gasteiger partial charge in [0.1, 0.15) is 5.41 Å². The molecule has 2 nitrogen and oxygen atoms in total. The molecule has 0 bridgehead atoms. The molecule has 1 saturated carbocycles. The van der Waals surface area contributed by atoms with Crippen LogP contribution >= 0.6 is 15.9 Å². The van der Waals surface area contributed by atoms with Crippen LogP contribution < -0.4 is 0 Å². The topological polar surface area (TPSA) is 40.9 Å². The van der Waals surface area contributed by atoms with Crippen molar-refractivity contribution in [3.63, 3.8) is 0 Å². The van der Waals surface area contributed by atoms with Crippen molar-refractivity contribution in [2.45, 2.75) is 33.1 Å². The monoisotopic (exact) mass is 305 g/mol. The van der Waals surface area contributed by atoms with E-state index in [4.69, 9.17) is 0 Å². The molecule has 1 aliphatic carbocycles. The number of hydrogen-bond acceptors (Lipinski definition) is 2. The smallest absolute Gasteiger partial charge is 0.158 e. The number of nitrogens with zero attached hydrogens (tertiary/aromatic N) is 1. The number of carbonyl (C=O) groups excluding carboxylic acids is 1. The van der Waals surface area contributed by atoms with E-state index in [0.29, 0.717) is 12.8 Å². The van der Waals surface area contributed by atoms with Crippen LogP contribution in [0.15, 0.2) is 28.7 Å². The zero-order chi connectivity index (χ0) is 13.4. The highest BCUT2D eigenvalue weighted by molar-refractivity contribution is 9.10. The molecule has 1 atom stereocenters. The third-order valence-electron chi connectivity index (χ3n) is 3.84. The van der Waals surface area contributed by atoms with E-state index in [1.54, 1.807) is 0 Å². The number of carbonyl (C=O) groups is 1. The van der Waals surface area contributed by atoms with E-state index in [-0.39, 0.29) is 11.2 Å². The number of hydrogen-bond donors (Lipinski definition) is 0. The molecule has 2 rings (SSSR count). The molecule has 0 aliphatic heterocycles. The Morgan fingerprint density at radius 2 is 2.11 bits per heavy atom. The van der Waals surface area contributed by atoms with Gasteiger partial charge in [-0.2, -0.15) is 5.26 Å². The van der Waals surface area contributed by atoms with Gasteiger partial charge in [-0.1, -0.05) is 41.9 Å². The van der Waals surface area contributed by atoms with Crippen molar-refractivity contribution in [2.24, 2.45) is 10.8 Å². The summed E-state index contributed by atoms with van der Waals surface area (Å²) >= 11 is 3.42. The van der Waals surface area contributed by atoms with E-state index in [9.17, 15) is 10.1 Å². The highest BCUT2D eigenvalue weighted by atomic mass is 79.9. The zero-order valence-corrected chi connectivity index (χ0v) is 12.3. The Bertz CT molecular complexity index is 530. The van der Waals surface area contributed by atoms with Crippen LogP contribution in [0.3, 0.4) is 0 Å². The average molecular weight is 306 g/mol. The van der Waals surface area contributed by atoms with Gasteiger partial charge in [-0.15, -0.1) is 0 Å². The van der Waals surface area contributed by atoms with Crippen molar-refractivity contribution < 1.29 is 4.79 Å². The van der Waals surface area contributed by atoms with Gasteiger partial charge in [0, 0.05) is 9.89 Å². The van der Waals surface area contributed by atoms with Crippen LogP contribution in [0.5, 0.6) is 0 Å². The summed E-state index contributed by atoms with van der Waals surface area (Å²) in [6, 6.07) is 10.1. The van der Waals surface area contributed by atoms with Crippen molar-refractivity contribution in [3.05, 3.63) is 34.3 Å². The third-order valence-corrected chi connectivity index (χ3v) is 4.33. The molecular formula is C15H16BrNO. The molecule has 1 aromatic rings. The second-order valence-electron chi connectivity index (χ2n) is 5.71. The standard InChI is InChI=1S/C15H16BrNO/c1-14(2)6-7-15(10-17,13(14)18)9-11-4-3-5-12(16)8-11/h3-5,8H,6-7,9H2,1-2H3. The molecule has 94 valence electrons. The quantitative estimate of drug-likeness (QED) is 0.831. The summed E-state index contributed by atoms with van der Waals surface area (Å²) < 4.78 is 0.984. The van der Waals surface area contributed by atoms with E-state index < -0.39 is 5.41 Å². The second kappa shape index (κ2) is 4.51. The molecule has 0 radical (unpaired) electrons. The van der Waals surface area contributed by atoms with Crippen molar-refractivity contribution in [1.29, 1.82) is 5.26 Å². The SMILES string of the molecule is CC1(C)CCC(C#N)(Cc2cccc(Br)c2)C1=O. The summed E-state index contributed by atoms with van der Waals surface area (Å²) in [4.78, 5) is 12.4. The maximum atomic E-state index is 12.4. The Morgan fingerprint density at radius 3 is 2.61 bits per heavy atom. The minimum absolute atomic E-state index is 0.0949. The first-order valence-electron chi connectivity index (χ1n) is 6.10. The minimum atomic E-state index is -0.829. The van der Waals surface area contributed by atoms with Gasteiger partial charge < -0.3 is 0 Å². The van der Waals surface area contributed by atoms with Crippen molar-refractivity contribution >= 4 is 21.7 Å². The molecule has 18 heavy (non-hydrogen) atoms. The molecule has 1 fully saturated rings. The second-order valence-corrected chi connectivity index (χ2v) is 6.63. The first-order valence-corrected chi connectivity index (χ1v) is 6.90. The summed E-state index contributed by atoms with van der Waals surface area (Å²) in [5, 5.41) is 9.47.